The fourth-order valence-corrected chi connectivity index (χ4v) is 4.08. The summed E-state index contributed by atoms with van der Waals surface area (Å²) in [5.74, 6) is -0.621. The standard InChI is InChI=1S/C19H16ClN3O3S/c20-16-5-7-17(8-6-16)23(13-14-2-1-11-22-12-14)27(25,26)18-9-3-15(4-10-18)19(21)24/h1-12H,13H2,(H2,21,24). The molecule has 0 aliphatic heterocycles. The van der Waals surface area contributed by atoms with Gasteiger partial charge in [-0.3, -0.25) is 14.1 Å². The predicted molar refractivity (Wildman–Crippen MR) is 104 cm³/mol. The molecule has 0 aliphatic carbocycles. The molecule has 3 rings (SSSR count). The normalized spacial score (nSPS) is 11.1. The molecule has 0 saturated heterocycles. The minimum Gasteiger partial charge on any atom is -0.366 e. The lowest BCUT2D eigenvalue weighted by molar-refractivity contribution is 0.1000. The first kappa shape index (κ1) is 18.9. The largest absolute Gasteiger partial charge is 0.366 e. The molecule has 1 heterocycles. The van der Waals surface area contributed by atoms with Crippen molar-refractivity contribution in [1.29, 1.82) is 0 Å². The van der Waals surface area contributed by atoms with Gasteiger partial charge in [0.05, 0.1) is 17.1 Å². The number of halogens is 1. The number of carbonyl (C=O) groups excluding carboxylic acids is 1. The van der Waals surface area contributed by atoms with Gasteiger partial charge in [-0.2, -0.15) is 0 Å². The zero-order valence-corrected chi connectivity index (χ0v) is 15.7. The summed E-state index contributed by atoms with van der Waals surface area (Å²) in [5.41, 5.74) is 6.64. The number of hydrogen-bond acceptors (Lipinski definition) is 4. The molecule has 0 spiro atoms. The first-order valence-corrected chi connectivity index (χ1v) is 9.77. The molecule has 0 fully saturated rings. The van der Waals surface area contributed by atoms with Crippen molar-refractivity contribution in [2.75, 3.05) is 4.31 Å². The van der Waals surface area contributed by atoms with E-state index >= 15 is 0 Å². The number of benzene rings is 2. The van der Waals surface area contributed by atoms with Crippen molar-refractivity contribution >= 4 is 33.2 Å². The van der Waals surface area contributed by atoms with Crippen molar-refractivity contribution in [3.63, 3.8) is 0 Å². The van der Waals surface area contributed by atoms with Gasteiger partial charge in [-0.05, 0) is 60.2 Å². The fourth-order valence-electron chi connectivity index (χ4n) is 2.50. The number of carbonyl (C=O) groups is 1. The zero-order chi connectivity index (χ0) is 19.4. The summed E-state index contributed by atoms with van der Waals surface area (Å²) < 4.78 is 27.8. The van der Waals surface area contributed by atoms with Crippen molar-refractivity contribution in [2.45, 2.75) is 11.4 Å². The van der Waals surface area contributed by atoms with E-state index in [0.717, 1.165) is 5.56 Å². The number of sulfonamides is 1. The third-order valence-corrected chi connectivity index (χ3v) is 5.93. The van der Waals surface area contributed by atoms with Gasteiger partial charge in [0.25, 0.3) is 10.0 Å². The summed E-state index contributed by atoms with van der Waals surface area (Å²) >= 11 is 5.93. The molecule has 2 N–H and O–H groups in total. The molecule has 0 radical (unpaired) electrons. The maximum Gasteiger partial charge on any atom is 0.264 e. The Kier molecular flexibility index (Phi) is 5.43. The van der Waals surface area contributed by atoms with Gasteiger partial charge in [-0.15, -0.1) is 0 Å². The monoisotopic (exact) mass is 401 g/mol. The number of nitrogens with two attached hydrogens (primary N) is 1. The van der Waals surface area contributed by atoms with E-state index in [0.29, 0.717) is 10.7 Å². The first-order valence-electron chi connectivity index (χ1n) is 7.95. The second-order valence-electron chi connectivity index (χ2n) is 5.74. The second-order valence-corrected chi connectivity index (χ2v) is 8.04. The molecule has 2 aromatic carbocycles. The predicted octanol–water partition coefficient (Wildman–Crippen LogP) is 3.23. The molecule has 1 aromatic heterocycles. The summed E-state index contributed by atoms with van der Waals surface area (Å²) in [6.45, 7) is 0.0926. The van der Waals surface area contributed by atoms with Crippen molar-refractivity contribution < 1.29 is 13.2 Å². The molecule has 0 atom stereocenters. The molecule has 138 valence electrons. The van der Waals surface area contributed by atoms with E-state index in [4.69, 9.17) is 17.3 Å². The van der Waals surface area contributed by atoms with E-state index in [-0.39, 0.29) is 17.0 Å². The molecule has 0 aliphatic rings. The number of aromatic nitrogens is 1. The Morgan fingerprint density at radius 3 is 2.26 bits per heavy atom. The van der Waals surface area contributed by atoms with Gasteiger partial charge in [-0.25, -0.2) is 8.42 Å². The number of primary amides is 1. The number of pyridine rings is 1. The highest BCUT2D eigenvalue weighted by Crippen LogP contribution is 2.27. The molecule has 0 unspecified atom stereocenters. The van der Waals surface area contributed by atoms with Gasteiger partial charge >= 0.3 is 0 Å². The molecular formula is C19H16ClN3O3S. The van der Waals surface area contributed by atoms with Crippen LogP contribution < -0.4 is 10.0 Å². The zero-order valence-electron chi connectivity index (χ0n) is 14.1. The van der Waals surface area contributed by atoms with Gasteiger partial charge in [-0.1, -0.05) is 17.7 Å². The molecule has 6 nitrogen and oxygen atoms in total. The molecule has 3 aromatic rings. The Bertz CT molecular complexity index is 1040. The third kappa shape index (κ3) is 4.27. The van der Waals surface area contributed by atoms with Crippen LogP contribution in [-0.2, 0) is 16.6 Å². The van der Waals surface area contributed by atoms with Crippen molar-refractivity contribution in [2.24, 2.45) is 5.73 Å². The number of amides is 1. The van der Waals surface area contributed by atoms with E-state index in [1.807, 2.05) is 0 Å². The van der Waals surface area contributed by atoms with Crippen LogP contribution in [0.25, 0.3) is 0 Å². The summed E-state index contributed by atoms with van der Waals surface area (Å²) in [4.78, 5) is 15.3. The minimum absolute atomic E-state index is 0.0475. The quantitative estimate of drug-likeness (QED) is 0.686. The van der Waals surface area contributed by atoms with Crippen LogP contribution in [0.1, 0.15) is 15.9 Å². The van der Waals surface area contributed by atoms with Gasteiger partial charge in [0.1, 0.15) is 0 Å². The molecule has 0 saturated carbocycles. The number of nitrogens with zero attached hydrogens (tertiary/aromatic N) is 2. The first-order chi connectivity index (χ1) is 12.9. The van der Waals surface area contributed by atoms with Gasteiger partial charge in [0.2, 0.25) is 5.91 Å². The summed E-state index contributed by atoms with van der Waals surface area (Å²) in [5, 5.41) is 0.503. The van der Waals surface area contributed by atoms with Gasteiger partial charge in [0, 0.05) is 23.0 Å². The van der Waals surface area contributed by atoms with Crippen LogP contribution in [-0.4, -0.2) is 19.3 Å². The molecular weight excluding hydrogens is 386 g/mol. The van der Waals surface area contributed by atoms with Crippen molar-refractivity contribution in [3.8, 4) is 0 Å². The highest BCUT2D eigenvalue weighted by molar-refractivity contribution is 7.92. The Balaban J connectivity index is 2.04. The highest BCUT2D eigenvalue weighted by atomic mass is 35.5. The maximum atomic E-state index is 13.3. The van der Waals surface area contributed by atoms with Crippen LogP contribution in [0.5, 0.6) is 0 Å². The Morgan fingerprint density at radius 2 is 1.70 bits per heavy atom. The van der Waals surface area contributed by atoms with Crippen LogP contribution in [0.2, 0.25) is 5.02 Å². The summed E-state index contributed by atoms with van der Waals surface area (Å²) in [6, 6.07) is 15.5. The summed E-state index contributed by atoms with van der Waals surface area (Å²) in [6.07, 6.45) is 3.22. The van der Waals surface area contributed by atoms with Gasteiger partial charge in [0.15, 0.2) is 0 Å². The highest BCUT2D eigenvalue weighted by Gasteiger charge is 2.25. The van der Waals surface area contributed by atoms with Crippen LogP contribution >= 0.6 is 11.6 Å². The van der Waals surface area contributed by atoms with Crippen LogP contribution in [0.15, 0.2) is 78.0 Å². The Hall–Kier alpha value is -2.90. The molecule has 27 heavy (non-hydrogen) atoms. The Morgan fingerprint density at radius 1 is 1.04 bits per heavy atom. The van der Waals surface area contributed by atoms with Crippen LogP contribution in [0.4, 0.5) is 5.69 Å². The summed E-state index contributed by atoms with van der Waals surface area (Å²) in [7, 11) is -3.90. The lowest BCUT2D eigenvalue weighted by Gasteiger charge is -2.24. The van der Waals surface area contributed by atoms with Gasteiger partial charge < -0.3 is 5.73 Å². The van der Waals surface area contributed by atoms with E-state index in [2.05, 4.69) is 4.98 Å². The van der Waals surface area contributed by atoms with E-state index in [1.54, 1.807) is 48.8 Å². The second kappa shape index (κ2) is 7.77. The van der Waals surface area contributed by atoms with Crippen molar-refractivity contribution in [3.05, 3.63) is 89.2 Å². The fraction of sp³-hybridized carbons (Fsp3) is 0.0526. The maximum absolute atomic E-state index is 13.3. The SMILES string of the molecule is NC(=O)c1ccc(S(=O)(=O)N(Cc2cccnc2)c2ccc(Cl)cc2)cc1. The average Bonchev–Trinajstić information content (AvgIpc) is 2.68. The van der Waals surface area contributed by atoms with Crippen molar-refractivity contribution in [1.82, 2.24) is 4.98 Å². The van der Waals surface area contributed by atoms with E-state index < -0.39 is 15.9 Å². The lowest BCUT2D eigenvalue weighted by atomic mass is 10.2. The average molecular weight is 402 g/mol. The van der Waals surface area contributed by atoms with Crippen LogP contribution in [0.3, 0.4) is 0 Å². The third-order valence-electron chi connectivity index (χ3n) is 3.89. The smallest absolute Gasteiger partial charge is 0.264 e. The lowest BCUT2D eigenvalue weighted by Crippen LogP contribution is -2.30. The molecule has 8 heteroatoms. The minimum atomic E-state index is -3.90. The molecule has 0 bridgehead atoms. The number of hydrogen-bond donors (Lipinski definition) is 1. The van der Waals surface area contributed by atoms with E-state index in [9.17, 15) is 13.2 Å². The topological polar surface area (TPSA) is 93.4 Å². The van der Waals surface area contributed by atoms with Crippen LogP contribution in [0, 0.1) is 0 Å². The number of anilines is 1. The Labute approximate surface area is 162 Å². The number of rotatable bonds is 6. The molecule has 1 amide bonds. The van der Waals surface area contributed by atoms with E-state index in [1.165, 1.54) is 28.6 Å².